The van der Waals surface area contributed by atoms with Crippen molar-refractivity contribution in [2.75, 3.05) is 23.3 Å². The van der Waals surface area contributed by atoms with Crippen molar-refractivity contribution in [2.24, 2.45) is 0 Å². The van der Waals surface area contributed by atoms with E-state index < -0.39 is 0 Å². The van der Waals surface area contributed by atoms with Crippen LogP contribution in [0.25, 0.3) is 10.2 Å². The van der Waals surface area contributed by atoms with Crippen LogP contribution >= 0.6 is 11.3 Å². The van der Waals surface area contributed by atoms with Crippen LogP contribution < -0.4 is 25.6 Å². The third-order valence-corrected chi connectivity index (χ3v) is 7.44. The van der Waals surface area contributed by atoms with Gasteiger partial charge in [-0.3, -0.25) is 14.7 Å². The number of piperidine rings is 1. The number of rotatable bonds is 5. The molecular formula is C26H24N6O3S. The van der Waals surface area contributed by atoms with Gasteiger partial charge in [-0.05, 0) is 68.3 Å². The minimum absolute atomic E-state index is 0.0487. The number of ether oxygens (including phenoxy) is 1. The fourth-order valence-corrected chi connectivity index (χ4v) is 5.75. The predicted molar refractivity (Wildman–Crippen MR) is 140 cm³/mol. The lowest BCUT2D eigenvalue weighted by molar-refractivity contribution is 0.0935. The van der Waals surface area contributed by atoms with E-state index in [0.717, 1.165) is 36.9 Å². The predicted octanol–water partition coefficient (Wildman–Crippen LogP) is 4.96. The number of urea groups is 1. The summed E-state index contributed by atoms with van der Waals surface area (Å²) in [5, 5.41) is 10.2. The second-order valence-electron chi connectivity index (χ2n) is 8.84. The Morgan fingerprint density at radius 3 is 2.92 bits per heavy atom. The lowest BCUT2D eigenvalue weighted by Crippen LogP contribution is -2.45. The number of thiophene rings is 1. The molecule has 3 N–H and O–H groups in total. The fourth-order valence-electron chi connectivity index (χ4n) is 4.69. The van der Waals surface area contributed by atoms with Gasteiger partial charge in [0.2, 0.25) is 0 Å². The molecule has 0 bridgehead atoms. The van der Waals surface area contributed by atoms with Gasteiger partial charge in [0.15, 0.2) is 0 Å². The molecule has 3 amide bonds. The number of aryl methyl sites for hydroxylation is 1. The molecule has 4 aromatic rings. The Morgan fingerprint density at radius 2 is 2.14 bits per heavy atom. The summed E-state index contributed by atoms with van der Waals surface area (Å²) in [5.41, 5.74) is 2.70. The Morgan fingerprint density at radius 1 is 1.22 bits per heavy atom. The maximum absolute atomic E-state index is 13.5. The van der Waals surface area contributed by atoms with E-state index in [1.807, 2.05) is 25.1 Å². The van der Waals surface area contributed by atoms with Crippen molar-refractivity contribution in [3.8, 4) is 11.5 Å². The van der Waals surface area contributed by atoms with E-state index in [0.29, 0.717) is 38.3 Å². The van der Waals surface area contributed by atoms with Gasteiger partial charge in [-0.1, -0.05) is 0 Å². The number of hydrogen-bond donors (Lipinski definition) is 3. The summed E-state index contributed by atoms with van der Waals surface area (Å²) in [6.07, 6.45) is 6.90. The molecule has 1 saturated heterocycles. The molecule has 0 radical (unpaired) electrons. The Bertz CT molecular complexity index is 1470. The number of benzene rings is 1. The van der Waals surface area contributed by atoms with Crippen molar-refractivity contribution in [1.82, 2.24) is 20.6 Å². The van der Waals surface area contributed by atoms with E-state index in [1.165, 1.54) is 11.3 Å². The molecule has 1 unspecified atom stereocenters. The summed E-state index contributed by atoms with van der Waals surface area (Å²) in [6.45, 7) is 3.60. The quantitative estimate of drug-likeness (QED) is 0.358. The first-order valence-corrected chi connectivity index (χ1v) is 12.6. The number of amides is 3. The molecule has 3 aromatic heterocycles. The number of nitrogens with one attached hydrogen (secondary N) is 3. The molecule has 2 aliphatic heterocycles. The summed E-state index contributed by atoms with van der Waals surface area (Å²) in [4.78, 5) is 38.2. The van der Waals surface area contributed by atoms with Gasteiger partial charge in [0.25, 0.3) is 5.91 Å². The van der Waals surface area contributed by atoms with Crippen molar-refractivity contribution in [2.45, 2.75) is 25.8 Å². The number of pyridine rings is 2. The standard InChI is InChI=1S/C26H24N6O3S/c1-15-12-17(35-18-5-3-10-28-14-18)6-7-20(15)32-22-21-19(31-26(32)34)8-11-29-25(21)36-23(22)24(33)30-16-4-2-9-27-13-16/h3,5-8,10-12,14,16,27H,2,4,9,13H2,1H3,(H,30,33)(H,31,34). The molecule has 36 heavy (non-hydrogen) atoms. The van der Waals surface area contributed by atoms with Crippen LogP contribution in [0.4, 0.5) is 21.9 Å². The Labute approximate surface area is 211 Å². The molecule has 1 atom stereocenters. The second kappa shape index (κ2) is 9.21. The van der Waals surface area contributed by atoms with Crippen LogP contribution in [0.1, 0.15) is 28.1 Å². The molecule has 9 nitrogen and oxygen atoms in total. The molecule has 182 valence electrons. The Kier molecular flexibility index (Phi) is 5.74. The number of anilines is 3. The van der Waals surface area contributed by atoms with Crippen molar-refractivity contribution < 1.29 is 14.3 Å². The number of aromatic nitrogens is 2. The molecule has 0 spiro atoms. The second-order valence-corrected chi connectivity index (χ2v) is 9.84. The summed E-state index contributed by atoms with van der Waals surface area (Å²) >= 11 is 1.30. The molecular weight excluding hydrogens is 476 g/mol. The van der Waals surface area contributed by atoms with Crippen LogP contribution in [0, 0.1) is 6.92 Å². The van der Waals surface area contributed by atoms with Crippen molar-refractivity contribution in [3.63, 3.8) is 0 Å². The molecule has 0 aliphatic carbocycles. The number of hydrogen-bond acceptors (Lipinski definition) is 7. The van der Waals surface area contributed by atoms with Gasteiger partial charge in [-0.25, -0.2) is 9.78 Å². The van der Waals surface area contributed by atoms with Gasteiger partial charge in [-0.15, -0.1) is 11.3 Å². The first kappa shape index (κ1) is 22.4. The molecule has 2 aliphatic rings. The van der Waals surface area contributed by atoms with Crippen molar-refractivity contribution in [1.29, 1.82) is 0 Å². The van der Waals surface area contributed by atoms with Gasteiger partial charge in [0, 0.05) is 25.0 Å². The minimum atomic E-state index is -0.328. The average molecular weight is 501 g/mol. The lowest BCUT2D eigenvalue weighted by atomic mass is 10.1. The molecule has 1 fully saturated rings. The SMILES string of the molecule is Cc1cc(Oc2cccnc2)ccc1N1C(=O)Nc2ccnc3sc(C(=O)NC4CCCNC4)c1c23. The highest BCUT2D eigenvalue weighted by Gasteiger charge is 2.35. The topological polar surface area (TPSA) is 108 Å². The molecule has 6 rings (SSSR count). The van der Waals surface area contributed by atoms with E-state index in [4.69, 9.17) is 4.74 Å². The maximum atomic E-state index is 13.5. The minimum Gasteiger partial charge on any atom is -0.456 e. The van der Waals surface area contributed by atoms with E-state index in [9.17, 15) is 9.59 Å². The smallest absolute Gasteiger partial charge is 0.331 e. The lowest BCUT2D eigenvalue weighted by Gasteiger charge is -2.30. The van der Waals surface area contributed by atoms with Gasteiger partial charge in [-0.2, -0.15) is 0 Å². The summed E-state index contributed by atoms with van der Waals surface area (Å²) in [5.74, 6) is 1.06. The zero-order chi connectivity index (χ0) is 24.6. The van der Waals surface area contributed by atoms with Gasteiger partial charge >= 0.3 is 6.03 Å². The number of carbonyl (C=O) groups excluding carboxylic acids is 2. The van der Waals surface area contributed by atoms with Crippen molar-refractivity contribution >= 4 is 50.6 Å². The first-order valence-electron chi connectivity index (χ1n) is 11.8. The summed E-state index contributed by atoms with van der Waals surface area (Å²) in [7, 11) is 0. The maximum Gasteiger partial charge on any atom is 0.331 e. The molecule has 1 aromatic carbocycles. The van der Waals surface area contributed by atoms with Gasteiger partial charge in [0.05, 0.1) is 28.6 Å². The highest BCUT2D eigenvalue weighted by Crippen LogP contribution is 2.47. The fraction of sp³-hybridized carbons (Fsp3) is 0.231. The van der Waals surface area contributed by atoms with Crippen LogP contribution in [0.5, 0.6) is 11.5 Å². The third kappa shape index (κ3) is 4.04. The van der Waals surface area contributed by atoms with E-state index in [1.54, 1.807) is 41.7 Å². The Hall–Kier alpha value is -4.02. The van der Waals surface area contributed by atoms with Gasteiger partial charge in [0.1, 0.15) is 21.2 Å². The van der Waals surface area contributed by atoms with E-state index in [-0.39, 0.29) is 18.0 Å². The van der Waals surface area contributed by atoms with E-state index >= 15 is 0 Å². The van der Waals surface area contributed by atoms with Crippen LogP contribution in [0.15, 0.2) is 55.0 Å². The molecule has 10 heteroatoms. The summed E-state index contributed by atoms with van der Waals surface area (Å²) < 4.78 is 5.91. The number of carbonyl (C=O) groups is 2. The zero-order valence-corrected chi connectivity index (χ0v) is 20.4. The summed E-state index contributed by atoms with van der Waals surface area (Å²) in [6, 6.07) is 10.6. The highest BCUT2D eigenvalue weighted by molar-refractivity contribution is 7.21. The van der Waals surface area contributed by atoms with Crippen molar-refractivity contribution in [3.05, 3.63) is 65.4 Å². The third-order valence-electron chi connectivity index (χ3n) is 6.35. The van der Waals surface area contributed by atoms with Crippen LogP contribution in [-0.2, 0) is 0 Å². The largest absolute Gasteiger partial charge is 0.456 e. The first-order chi connectivity index (χ1) is 17.6. The van der Waals surface area contributed by atoms with Crippen LogP contribution in [0.2, 0.25) is 0 Å². The number of nitrogens with zero attached hydrogens (tertiary/aromatic N) is 3. The highest BCUT2D eigenvalue weighted by atomic mass is 32.1. The normalized spacial score (nSPS) is 17.1. The monoisotopic (exact) mass is 500 g/mol. The Balaban J connectivity index is 1.40. The van der Waals surface area contributed by atoms with Crippen LogP contribution in [-0.4, -0.2) is 41.0 Å². The van der Waals surface area contributed by atoms with Gasteiger partial charge < -0.3 is 20.7 Å². The van der Waals surface area contributed by atoms with E-state index in [2.05, 4.69) is 25.9 Å². The van der Waals surface area contributed by atoms with Crippen LogP contribution in [0.3, 0.4) is 0 Å². The average Bonchev–Trinajstić information content (AvgIpc) is 3.27. The molecule has 5 heterocycles. The zero-order valence-electron chi connectivity index (χ0n) is 19.6. The molecule has 0 saturated carbocycles.